The molecule has 0 spiro atoms. The van der Waals surface area contributed by atoms with Crippen molar-refractivity contribution in [1.29, 1.82) is 0 Å². The molecule has 1 atom stereocenters. The van der Waals surface area contributed by atoms with Crippen LogP contribution < -0.4 is 16.0 Å². The van der Waals surface area contributed by atoms with Crippen LogP contribution in [0.2, 0.25) is 0 Å². The van der Waals surface area contributed by atoms with Gasteiger partial charge in [0.15, 0.2) is 14.1 Å². The molecule has 0 radical (unpaired) electrons. The van der Waals surface area contributed by atoms with Crippen LogP contribution >= 0.6 is 24.3 Å². The van der Waals surface area contributed by atoms with E-state index >= 15 is 0 Å². The minimum absolute atomic E-state index is 0.0289. The highest BCUT2D eigenvalue weighted by Gasteiger charge is 2.36. The molecule has 1 aromatic carbocycles. The Bertz CT molecular complexity index is 1620. The molecular formula is C27H27BrF3N8O3P. The van der Waals surface area contributed by atoms with Gasteiger partial charge in [0.2, 0.25) is 5.95 Å². The fourth-order valence-electron chi connectivity index (χ4n) is 4.20. The average molecular weight is 679 g/mol. The number of nitrogens with one attached hydrogen (secondary N) is 3. The van der Waals surface area contributed by atoms with Crippen LogP contribution in [0.1, 0.15) is 35.0 Å². The molecule has 11 nitrogen and oxygen atoms in total. The zero-order chi connectivity index (χ0) is 30.6. The Morgan fingerprint density at radius 3 is 2.74 bits per heavy atom. The highest BCUT2D eigenvalue weighted by molar-refractivity contribution is 9.10. The van der Waals surface area contributed by atoms with Crippen LogP contribution in [0.3, 0.4) is 0 Å². The number of alkyl halides is 3. The second kappa shape index (κ2) is 13.3. The van der Waals surface area contributed by atoms with E-state index in [1.54, 1.807) is 29.2 Å². The fourth-order valence-corrected chi connectivity index (χ4v) is 6.09. The van der Waals surface area contributed by atoms with Gasteiger partial charge in [0, 0.05) is 42.2 Å². The number of aryl methyl sites for hydroxylation is 1. The highest BCUT2D eigenvalue weighted by atomic mass is 79.9. The summed E-state index contributed by atoms with van der Waals surface area (Å²) in [6.45, 7) is 3.44. The van der Waals surface area contributed by atoms with Crippen LogP contribution in [0.25, 0.3) is 11.3 Å². The Kier molecular flexibility index (Phi) is 9.55. The fraction of sp³-hybridized carbons (Fsp3) is 0.296. The van der Waals surface area contributed by atoms with Gasteiger partial charge < -0.3 is 25.0 Å². The molecule has 8 rings (SSSR count). The van der Waals surface area contributed by atoms with Crippen LogP contribution in [-0.4, -0.2) is 50.9 Å². The lowest BCUT2D eigenvalue weighted by Gasteiger charge is -2.18. The van der Waals surface area contributed by atoms with E-state index in [9.17, 15) is 18.0 Å². The van der Waals surface area contributed by atoms with E-state index in [0.717, 1.165) is 5.56 Å². The molecule has 16 heteroatoms. The van der Waals surface area contributed by atoms with Crippen molar-refractivity contribution in [2.75, 3.05) is 30.9 Å². The van der Waals surface area contributed by atoms with Crippen LogP contribution in [0.4, 0.5) is 36.3 Å². The molecule has 43 heavy (non-hydrogen) atoms. The smallest absolute Gasteiger partial charge is 0.354 e. The summed E-state index contributed by atoms with van der Waals surface area (Å²) in [7, 11) is 0.205. The molecule has 3 N–H and O–H groups in total. The summed E-state index contributed by atoms with van der Waals surface area (Å²) in [6.07, 6.45) is 0.527. The Hall–Kier alpha value is -3.65. The maximum absolute atomic E-state index is 14.0. The third-order valence-corrected chi connectivity index (χ3v) is 8.54. The number of anilines is 4. The Balaban J connectivity index is 1.59. The van der Waals surface area contributed by atoms with Gasteiger partial charge in [-0.3, -0.25) is 9.48 Å². The molecule has 7 heterocycles. The summed E-state index contributed by atoms with van der Waals surface area (Å²) in [5.74, 6) is -1.24. The van der Waals surface area contributed by atoms with Gasteiger partial charge in [-0.15, -0.1) is 0 Å². The lowest BCUT2D eigenvalue weighted by Crippen LogP contribution is -2.21. The molecule has 0 aliphatic carbocycles. The zero-order valence-electron chi connectivity index (χ0n) is 23.1. The number of nitrogens with zero attached hydrogens (tertiary/aromatic N) is 5. The summed E-state index contributed by atoms with van der Waals surface area (Å²) < 4.78 is 56.3. The van der Waals surface area contributed by atoms with Crippen LogP contribution in [0, 0.1) is 0 Å². The van der Waals surface area contributed by atoms with E-state index in [2.05, 4.69) is 51.9 Å². The number of halogens is 4. The number of carbonyl (C=O) groups is 1. The number of pyridine rings is 1. The number of rotatable bonds is 3. The van der Waals surface area contributed by atoms with Crippen molar-refractivity contribution < 1.29 is 27.0 Å². The molecule has 226 valence electrons. The number of aromatic nitrogens is 5. The number of benzene rings is 1. The Morgan fingerprint density at radius 1 is 1.19 bits per heavy atom. The van der Waals surface area contributed by atoms with Gasteiger partial charge in [-0.05, 0) is 59.1 Å². The van der Waals surface area contributed by atoms with Gasteiger partial charge in [-0.25, -0.2) is 9.97 Å². The van der Waals surface area contributed by atoms with E-state index in [4.69, 9.17) is 9.05 Å². The van der Waals surface area contributed by atoms with Crippen LogP contribution in [0.15, 0.2) is 53.4 Å². The molecule has 1 amide bonds. The van der Waals surface area contributed by atoms with Gasteiger partial charge in [0.05, 0.1) is 36.5 Å². The number of amides is 1. The van der Waals surface area contributed by atoms with Gasteiger partial charge >= 0.3 is 6.18 Å². The van der Waals surface area contributed by atoms with E-state index in [-0.39, 0.29) is 17.3 Å². The van der Waals surface area contributed by atoms with Gasteiger partial charge in [0.25, 0.3) is 5.91 Å². The van der Waals surface area contributed by atoms with E-state index in [0.29, 0.717) is 60.0 Å². The highest BCUT2D eigenvalue weighted by Crippen LogP contribution is 2.43. The predicted octanol–water partition coefficient (Wildman–Crippen LogP) is 6.63. The largest absolute Gasteiger partial charge is 0.421 e. The van der Waals surface area contributed by atoms with Gasteiger partial charge in [-0.2, -0.15) is 23.3 Å². The molecule has 3 aromatic heterocycles. The number of hydrogen-bond donors (Lipinski definition) is 3. The Morgan fingerprint density at radius 2 is 2.00 bits per heavy atom. The first-order valence-electron chi connectivity index (χ1n) is 13.2. The summed E-state index contributed by atoms with van der Waals surface area (Å²) >= 11 is 3.53. The van der Waals surface area contributed by atoms with Crippen molar-refractivity contribution in [2.24, 2.45) is 0 Å². The maximum atomic E-state index is 14.0. The molecule has 4 aromatic rings. The van der Waals surface area contributed by atoms with Crippen molar-refractivity contribution in [3.63, 3.8) is 0 Å². The number of hydrogen-bond acceptors (Lipinski definition) is 9. The van der Waals surface area contributed by atoms with Crippen LogP contribution in [-0.2, 0) is 27.9 Å². The summed E-state index contributed by atoms with van der Waals surface area (Å²) in [5, 5.41) is 12.5. The molecule has 4 aliphatic heterocycles. The predicted molar refractivity (Wildman–Crippen MR) is 159 cm³/mol. The first-order valence-corrected chi connectivity index (χ1v) is 15.4. The third kappa shape index (κ3) is 7.47. The maximum Gasteiger partial charge on any atom is 0.421 e. The first-order chi connectivity index (χ1) is 20.6. The zero-order valence-corrected chi connectivity index (χ0v) is 25.6. The summed E-state index contributed by atoms with van der Waals surface area (Å²) in [6, 6.07) is 8.58. The van der Waals surface area contributed by atoms with Crippen LogP contribution in [0.5, 0.6) is 0 Å². The Labute approximate surface area is 254 Å². The van der Waals surface area contributed by atoms with Crippen molar-refractivity contribution in [3.8, 4) is 11.3 Å². The van der Waals surface area contributed by atoms with E-state index in [1.165, 1.54) is 13.1 Å². The first kappa shape index (κ1) is 30.8. The molecule has 0 saturated carbocycles. The van der Waals surface area contributed by atoms with Crippen molar-refractivity contribution >= 4 is 53.4 Å². The minimum Gasteiger partial charge on any atom is -0.354 e. The third-order valence-electron chi connectivity index (χ3n) is 6.25. The lowest BCUT2D eigenvalue weighted by molar-refractivity contribution is -0.137. The van der Waals surface area contributed by atoms with E-state index < -0.39 is 31.8 Å². The molecule has 4 aliphatic rings. The molecule has 8 bridgehead atoms. The molecule has 1 unspecified atom stereocenters. The second-order valence-corrected chi connectivity index (χ2v) is 11.6. The summed E-state index contributed by atoms with van der Waals surface area (Å²) in [4.78, 5) is 25.3. The van der Waals surface area contributed by atoms with Gasteiger partial charge in [-0.1, -0.05) is 6.07 Å². The van der Waals surface area contributed by atoms with Crippen molar-refractivity contribution in [1.82, 2.24) is 30.0 Å². The van der Waals surface area contributed by atoms with Gasteiger partial charge in [0.1, 0.15) is 11.4 Å². The second-order valence-electron chi connectivity index (χ2n) is 9.28. The quantitative estimate of drug-likeness (QED) is 0.205. The van der Waals surface area contributed by atoms with Crippen molar-refractivity contribution in [3.05, 3.63) is 70.2 Å². The topological polar surface area (TPSA) is 128 Å². The minimum atomic E-state index is -4.77. The van der Waals surface area contributed by atoms with E-state index in [1.807, 2.05) is 19.1 Å². The molecule has 0 fully saturated rings. The van der Waals surface area contributed by atoms with Crippen molar-refractivity contribution in [2.45, 2.75) is 32.2 Å². The lowest BCUT2D eigenvalue weighted by atomic mass is 10.1. The molecular weight excluding hydrogens is 652 g/mol. The SMILES string of the molecule is CCOP1Cc2ccc(c(Br)c2)Nc2ncc(C(F)(F)F)c(n2)Nc2ccc(nc2C(=O)NC)-c2cnn(c2)CCCO1. The monoisotopic (exact) mass is 678 g/mol. The molecule has 0 saturated heterocycles. The summed E-state index contributed by atoms with van der Waals surface area (Å²) in [5.41, 5.74) is 1.33. The standard InChI is InChI=1S/C27H27BrF3N8O3P/c1-3-41-43-15-16-5-6-21(19(28)11-16)37-26-33-13-18(27(29,30)31)24(38-26)36-22-8-7-20(35-23(22)25(40)32-2)17-12-34-39(14-17)9-4-10-42-43/h5-8,11-14H,3-4,9-10,15H2,1-2H3,(H,32,40)(H2,33,36,37,38). The number of carbonyl (C=O) groups excluding carboxylic acids is 1. The normalized spacial score (nSPS) is 15.6. The average Bonchev–Trinajstić information content (AvgIpc) is 3.44.